The number of cyclic esters (lactones) is 1. The molecule has 7 nitrogen and oxygen atoms in total. The van der Waals surface area contributed by atoms with E-state index < -0.39 is 44.9 Å². The summed E-state index contributed by atoms with van der Waals surface area (Å²) in [5.41, 5.74) is 0.497. The number of carbonyl (C=O) groups is 3. The molecule has 1 unspecified atom stereocenters. The fourth-order valence-electron chi connectivity index (χ4n) is 6.56. The second kappa shape index (κ2) is 9.31. The Kier molecular flexibility index (Phi) is 6.55. The highest BCUT2D eigenvalue weighted by Crippen LogP contribution is 2.65. The average Bonchev–Trinajstić information content (AvgIpc) is 3.16. The highest BCUT2D eigenvalue weighted by molar-refractivity contribution is 8.02. The van der Waals surface area contributed by atoms with E-state index in [4.69, 9.17) is 4.74 Å². The van der Waals surface area contributed by atoms with Gasteiger partial charge in [-0.3, -0.25) is 14.4 Å². The molecular weight excluding hydrogens is 488 g/mol. The first-order valence-electron chi connectivity index (χ1n) is 13.0. The molecule has 4 aliphatic heterocycles. The third-order valence-corrected chi connectivity index (χ3v) is 9.98. The molecule has 4 aliphatic rings. The number of ether oxygens (including phenoxy) is 1. The maximum absolute atomic E-state index is 14.5. The zero-order valence-electron chi connectivity index (χ0n) is 21.9. The zero-order chi connectivity index (χ0) is 26.6. The minimum absolute atomic E-state index is 0.150. The van der Waals surface area contributed by atoms with Crippen molar-refractivity contribution in [3.8, 4) is 0 Å². The van der Waals surface area contributed by atoms with Gasteiger partial charge in [-0.05, 0) is 46.1 Å². The Labute approximate surface area is 222 Å². The SMILES string of the molecule is CC(C)(C)N1CC=C[C@]23S[C@]4(C)C=CCCOC(=O)[C@@H]4[C@H]2C(=O)N([C@@H](CO)Cc2ccccc2)C3C1=O. The Morgan fingerprint density at radius 2 is 1.81 bits per heavy atom. The summed E-state index contributed by atoms with van der Waals surface area (Å²) in [6.07, 6.45) is 9.04. The number of carbonyl (C=O) groups excluding carboxylic acids is 3. The summed E-state index contributed by atoms with van der Waals surface area (Å²) in [6.45, 7) is 8.34. The molecule has 37 heavy (non-hydrogen) atoms. The van der Waals surface area contributed by atoms with Crippen LogP contribution >= 0.6 is 11.8 Å². The number of nitrogens with zero attached hydrogens (tertiary/aromatic N) is 2. The van der Waals surface area contributed by atoms with Crippen LogP contribution in [0.25, 0.3) is 0 Å². The standard InChI is InChI=1S/C29H36N2O5S/c1-27(2,3)30-15-10-14-29-21(22-26(35)36-16-9-8-13-28(22,4)37-29)24(33)31(23(29)25(30)34)20(18-32)17-19-11-6-5-7-12-19/h5-8,10-14,20-23,32H,9,15-18H2,1-4H3/t20-,21+,22+,23?,28-,29+/m1/s1. The number of esters is 1. The lowest BCUT2D eigenvalue weighted by Crippen LogP contribution is -2.60. The monoisotopic (exact) mass is 524 g/mol. The first-order chi connectivity index (χ1) is 17.5. The number of likely N-dealkylation sites (tertiary alicyclic amines) is 1. The predicted molar refractivity (Wildman–Crippen MR) is 143 cm³/mol. The van der Waals surface area contributed by atoms with Gasteiger partial charge < -0.3 is 19.6 Å². The van der Waals surface area contributed by atoms with Crippen molar-refractivity contribution in [3.05, 3.63) is 60.2 Å². The Morgan fingerprint density at radius 3 is 2.49 bits per heavy atom. The molecule has 1 N–H and O–H groups in total. The Balaban J connectivity index is 1.67. The van der Waals surface area contributed by atoms with Crippen LogP contribution in [0.5, 0.6) is 0 Å². The fraction of sp³-hybridized carbons (Fsp3) is 0.552. The predicted octanol–water partition coefficient (Wildman–Crippen LogP) is 2.98. The molecule has 4 heterocycles. The van der Waals surface area contributed by atoms with Crippen molar-refractivity contribution in [2.24, 2.45) is 11.8 Å². The molecule has 1 aromatic carbocycles. The normalized spacial score (nSPS) is 34.3. The number of rotatable bonds is 4. The van der Waals surface area contributed by atoms with Crippen molar-refractivity contribution >= 4 is 29.5 Å². The fourth-order valence-corrected chi connectivity index (χ4v) is 8.70. The van der Waals surface area contributed by atoms with Gasteiger partial charge in [0.1, 0.15) is 6.04 Å². The molecule has 2 fully saturated rings. The first kappa shape index (κ1) is 26.0. The van der Waals surface area contributed by atoms with E-state index in [1.54, 1.807) is 9.80 Å². The number of aliphatic hydroxyl groups is 1. The van der Waals surface area contributed by atoms with E-state index in [-0.39, 0.29) is 25.0 Å². The van der Waals surface area contributed by atoms with Gasteiger partial charge in [-0.2, -0.15) is 0 Å². The molecule has 2 amide bonds. The number of hydrogen-bond donors (Lipinski definition) is 1. The van der Waals surface area contributed by atoms with Crippen molar-refractivity contribution in [2.45, 2.75) is 67.7 Å². The summed E-state index contributed by atoms with van der Waals surface area (Å²) in [7, 11) is 0. The van der Waals surface area contributed by atoms with Crippen LogP contribution < -0.4 is 0 Å². The van der Waals surface area contributed by atoms with Crippen LogP contribution in [0.15, 0.2) is 54.6 Å². The van der Waals surface area contributed by atoms with Crippen molar-refractivity contribution in [3.63, 3.8) is 0 Å². The molecular formula is C29H36N2O5S. The van der Waals surface area contributed by atoms with Gasteiger partial charge in [-0.25, -0.2) is 0 Å². The molecule has 0 bridgehead atoms. The van der Waals surface area contributed by atoms with Crippen molar-refractivity contribution in [1.82, 2.24) is 9.80 Å². The van der Waals surface area contributed by atoms with E-state index in [1.165, 1.54) is 11.8 Å². The largest absolute Gasteiger partial charge is 0.465 e. The second-order valence-corrected chi connectivity index (χ2v) is 13.4. The highest BCUT2D eigenvalue weighted by Gasteiger charge is 2.74. The molecule has 1 spiro atoms. The molecule has 1 aromatic rings. The lowest BCUT2D eigenvalue weighted by atomic mass is 9.74. The van der Waals surface area contributed by atoms with Gasteiger partial charge in [-0.1, -0.05) is 54.6 Å². The van der Waals surface area contributed by atoms with Crippen LogP contribution in [0.2, 0.25) is 0 Å². The maximum Gasteiger partial charge on any atom is 0.311 e. The first-order valence-corrected chi connectivity index (χ1v) is 13.9. The Bertz CT molecular complexity index is 1140. The minimum atomic E-state index is -0.953. The molecule has 0 aromatic heterocycles. The number of fused-ring (bicyclic) bond motifs is 2. The van der Waals surface area contributed by atoms with E-state index in [0.717, 1.165) is 5.56 Å². The van der Waals surface area contributed by atoms with Gasteiger partial charge in [0, 0.05) is 16.8 Å². The van der Waals surface area contributed by atoms with E-state index >= 15 is 0 Å². The zero-order valence-corrected chi connectivity index (χ0v) is 22.7. The molecule has 0 radical (unpaired) electrons. The maximum atomic E-state index is 14.5. The molecule has 5 rings (SSSR count). The van der Waals surface area contributed by atoms with Gasteiger partial charge in [-0.15, -0.1) is 11.8 Å². The van der Waals surface area contributed by atoms with Crippen molar-refractivity contribution in [2.75, 3.05) is 19.8 Å². The smallest absolute Gasteiger partial charge is 0.311 e. The summed E-state index contributed by atoms with van der Waals surface area (Å²) in [4.78, 5) is 45.7. The number of hydrogen-bond acceptors (Lipinski definition) is 6. The average molecular weight is 525 g/mol. The topological polar surface area (TPSA) is 87.2 Å². The van der Waals surface area contributed by atoms with Gasteiger partial charge >= 0.3 is 5.97 Å². The van der Waals surface area contributed by atoms with Crippen LogP contribution in [-0.2, 0) is 25.5 Å². The van der Waals surface area contributed by atoms with E-state index in [1.807, 2.05) is 82.3 Å². The molecule has 198 valence electrons. The van der Waals surface area contributed by atoms with Crippen LogP contribution in [0.4, 0.5) is 0 Å². The summed E-state index contributed by atoms with van der Waals surface area (Å²) in [5.74, 6) is -2.31. The van der Waals surface area contributed by atoms with Crippen LogP contribution in [0.1, 0.15) is 39.7 Å². The van der Waals surface area contributed by atoms with Gasteiger partial charge in [0.15, 0.2) is 0 Å². The number of amides is 2. The third kappa shape index (κ3) is 4.13. The summed E-state index contributed by atoms with van der Waals surface area (Å²) in [6, 6.07) is 8.23. The van der Waals surface area contributed by atoms with Gasteiger partial charge in [0.05, 0.1) is 35.8 Å². The molecule has 0 aliphatic carbocycles. The highest BCUT2D eigenvalue weighted by atomic mass is 32.2. The lowest BCUT2D eigenvalue weighted by Gasteiger charge is -2.42. The minimum Gasteiger partial charge on any atom is -0.465 e. The summed E-state index contributed by atoms with van der Waals surface area (Å²) < 4.78 is 3.95. The quantitative estimate of drug-likeness (QED) is 0.482. The summed E-state index contributed by atoms with van der Waals surface area (Å²) in [5, 5.41) is 10.6. The van der Waals surface area contributed by atoms with Crippen LogP contribution in [0, 0.1) is 11.8 Å². The number of benzene rings is 1. The molecule has 0 saturated carbocycles. The number of thioether (sulfide) groups is 1. The lowest BCUT2D eigenvalue weighted by molar-refractivity contribution is -0.155. The Hall–Kier alpha value is -2.58. The molecule has 8 heteroatoms. The van der Waals surface area contributed by atoms with Crippen molar-refractivity contribution < 1.29 is 24.2 Å². The third-order valence-electron chi connectivity index (χ3n) is 8.19. The van der Waals surface area contributed by atoms with Crippen LogP contribution in [-0.4, -0.2) is 79.6 Å². The number of aliphatic hydroxyl groups excluding tert-OH is 1. The van der Waals surface area contributed by atoms with Gasteiger partial charge in [0.2, 0.25) is 11.8 Å². The van der Waals surface area contributed by atoms with Crippen LogP contribution in [0.3, 0.4) is 0 Å². The van der Waals surface area contributed by atoms with E-state index in [0.29, 0.717) is 19.4 Å². The molecule has 2 saturated heterocycles. The Morgan fingerprint density at radius 1 is 1.08 bits per heavy atom. The van der Waals surface area contributed by atoms with E-state index in [9.17, 15) is 19.5 Å². The second-order valence-electron chi connectivity index (χ2n) is 11.6. The van der Waals surface area contributed by atoms with E-state index in [2.05, 4.69) is 0 Å². The van der Waals surface area contributed by atoms with Gasteiger partial charge in [0.25, 0.3) is 0 Å². The molecule has 6 atom stereocenters. The summed E-state index contributed by atoms with van der Waals surface area (Å²) >= 11 is 1.53. The van der Waals surface area contributed by atoms with Crippen molar-refractivity contribution in [1.29, 1.82) is 0 Å².